The van der Waals surface area contributed by atoms with E-state index >= 15 is 0 Å². The number of ether oxygens (including phenoxy) is 1. The molecule has 0 aliphatic heterocycles. The fourth-order valence-electron chi connectivity index (χ4n) is 1.01. The third-order valence-electron chi connectivity index (χ3n) is 1.70. The lowest BCUT2D eigenvalue weighted by Crippen LogP contribution is -1.95. The minimum absolute atomic E-state index is 0.115. The minimum Gasteiger partial charge on any atom is -0.504 e. The number of methoxy groups -OCH3 is 1. The summed E-state index contributed by atoms with van der Waals surface area (Å²) in [6.45, 7) is 0. The molecule has 0 aliphatic rings. The lowest BCUT2D eigenvalue weighted by Gasteiger charge is -2.09. The first-order chi connectivity index (χ1) is 6.20. The van der Waals surface area contributed by atoms with E-state index < -0.39 is 6.10 Å². The van der Waals surface area contributed by atoms with Gasteiger partial charge in [-0.1, -0.05) is 18.1 Å². The standard InChI is InChI=1S/C10H10O3/c1-3-8(11)7-5-4-6-9(13-2)10(7)12/h1,4-6,8,11-12H,2H3. The monoisotopic (exact) mass is 178 g/mol. The number of aliphatic hydroxyl groups is 1. The van der Waals surface area contributed by atoms with E-state index in [1.54, 1.807) is 18.2 Å². The highest BCUT2D eigenvalue weighted by atomic mass is 16.5. The van der Waals surface area contributed by atoms with Crippen LogP contribution in [-0.4, -0.2) is 17.3 Å². The molecule has 0 spiro atoms. The Bertz CT molecular complexity index is 339. The summed E-state index contributed by atoms with van der Waals surface area (Å²) in [5.74, 6) is 2.30. The summed E-state index contributed by atoms with van der Waals surface area (Å²) in [6.07, 6.45) is 3.91. The molecule has 0 radical (unpaired) electrons. The number of phenolic OH excluding ortho intramolecular Hbond substituents is 1. The van der Waals surface area contributed by atoms with Gasteiger partial charge in [-0.3, -0.25) is 0 Å². The van der Waals surface area contributed by atoms with Crippen molar-refractivity contribution in [1.29, 1.82) is 0 Å². The Kier molecular flexibility index (Phi) is 2.78. The maximum atomic E-state index is 9.51. The van der Waals surface area contributed by atoms with Gasteiger partial charge in [0.2, 0.25) is 0 Å². The predicted molar refractivity (Wildman–Crippen MR) is 48.5 cm³/mol. The van der Waals surface area contributed by atoms with Crippen molar-refractivity contribution >= 4 is 0 Å². The normalized spacial score (nSPS) is 11.8. The van der Waals surface area contributed by atoms with Crippen molar-refractivity contribution in [1.82, 2.24) is 0 Å². The fraction of sp³-hybridized carbons (Fsp3) is 0.200. The molecule has 0 aliphatic carbocycles. The number of hydrogen-bond acceptors (Lipinski definition) is 3. The van der Waals surface area contributed by atoms with Gasteiger partial charge in [-0.2, -0.15) is 0 Å². The van der Waals surface area contributed by atoms with Crippen LogP contribution in [0.15, 0.2) is 18.2 Å². The molecule has 0 heterocycles. The predicted octanol–water partition coefficient (Wildman–Crippen LogP) is 1.07. The van der Waals surface area contributed by atoms with Crippen molar-refractivity contribution in [3.63, 3.8) is 0 Å². The number of aliphatic hydroxyl groups excluding tert-OH is 1. The van der Waals surface area contributed by atoms with Crippen LogP contribution < -0.4 is 4.74 Å². The van der Waals surface area contributed by atoms with Crippen LogP contribution in [0.1, 0.15) is 11.7 Å². The second kappa shape index (κ2) is 3.83. The second-order valence-corrected chi connectivity index (χ2v) is 2.47. The van der Waals surface area contributed by atoms with Crippen molar-refractivity contribution in [3.05, 3.63) is 23.8 Å². The van der Waals surface area contributed by atoms with Crippen molar-refractivity contribution in [2.45, 2.75) is 6.10 Å². The molecule has 1 atom stereocenters. The van der Waals surface area contributed by atoms with Crippen LogP contribution in [0.3, 0.4) is 0 Å². The zero-order valence-corrected chi connectivity index (χ0v) is 7.19. The molecule has 2 N–H and O–H groups in total. The van der Waals surface area contributed by atoms with Gasteiger partial charge in [-0.25, -0.2) is 0 Å². The summed E-state index contributed by atoms with van der Waals surface area (Å²) < 4.78 is 4.85. The fourth-order valence-corrected chi connectivity index (χ4v) is 1.01. The molecule has 0 fully saturated rings. The summed E-state index contributed by atoms with van der Waals surface area (Å²) in [5.41, 5.74) is 0.279. The molecule has 3 nitrogen and oxygen atoms in total. The van der Waals surface area contributed by atoms with E-state index in [-0.39, 0.29) is 11.3 Å². The van der Waals surface area contributed by atoms with Crippen LogP contribution >= 0.6 is 0 Å². The van der Waals surface area contributed by atoms with Crippen LogP contribution in [-0.2, 0) is 0 Å². The Balaban J connectivity index is 3.17. The highest BCUT2D eigenvalue weighted by Gasteiger charge is 2.12. The molecule has 0 amide bonds. The number of hydrogen-bond donors (Lipinski definition) is 2. The van der Waals surface area contributed by atoms with Gasteiger partial charge < -0.3 is 14.9 Å². The summed E-state index contributed by atoms with van der Waals surface area (Å²) >= 11 is 0. The van der Waals surface area contributed by atoms with E-state index in [1.165, 1.54) is 7.11 Å². The zero-order valence-electron chi connectivity index (χ0n) is 7.19. The highest BCUT2D eigenvalue weighted by molar-refractivity contribution is 5.47. The van der Waals surface area contributed by atoms with Gasteiger partial charge >= 0.3 is 0 Å². The first-order valence-corrected chi connectivity index (χ1v) is 3.70. The highest BCUT2D eigenvalue weighted by Crippen LogP contribution is 2.32. The van der Waals surface area contributed by atoms with E-state index in [2.05, 4.69) is 5.92 Å². The summed E-state index contributed by atoms with van der Waals surface area (Å²) in [6, 6.07) is 4.78. The molecule has 0 aromatic heterocycles. The SMILES string of the molecule is C#CC(O)c1cccc(OC)c1O. The average Bonchev–Trinajstić information content (AvgIpc) is 2.17. The molecule has 0 bridgehead atoms. The van der Waals surface area contributed by atoms with Crippen molar-refractivity contribution in [3.8, 4) is 23.8 Å². The van der Waals surface area contributed by atoms with Crippen LogP contribution in [0, 0.1) is 12.3 Å². The quantitative estimate of drug-likeness (QED) is 0.666. The maximum Gasteiger partial charge on any atom is 0.164 e. The third kappa shape index (κ3) is 1.74. The van der Waals surface area contributed by atoms with Gasteiger partial charge in [0.05, 0.1) is 7.11 Å². The average molecular weight is 178 g/mol. The van der Waals surface area contributed by atoms with E-state index in [9.17, 15) is 10.2 Å². The van der Waals surface area contributed by atoms with Gasteiger partial charge in [0, 0.05) is 5.56 Å². The molecule has 1 aromatic rings. The Hall–Kier alpha value is -1.66. The molecule has 1 rings (SSSR count). The lowest BCUT2D eigenvalue weighted by molar-refractivity contribution is 0.231. The molecule has 0 saturated heterocycles. The summed E-state index contributed by atoms with van der Waals surface area (Å²) in [5, 5.41) is 18.8. The summed E-state index contributed by atoms with van der Waals surface area (Å²) in [4.78, 5) is 0. The van der Waals surface area contributed by atoms with Crippen molar-refractivity contribution < 1.29 is 14.9 Å². The largest absolute Gasteiger partial charge is 0.504 e. The Morgan fingerprint density at radius 2 is 2.23 bits per heavy atom. The Morgan fingerprint density at radius 3 is 2.77 bits per heavy atom. The Morgan fingerprint density at radius 1 is 1.54 bits per heavy atom. The maximum absolute atomic E-state index is 9.51. The summed E-state index contributed by atoms with van der Waals surface area (Å²) in [7, 11) is 1.43. The third-order valence-corrected chi connectivity index (χ3v) is 1.70. The van der Waals surface area contributed by atoms with E-state index in [0.717, 1.165) is 0 Å². The van der Waals surface area contributed by atoms with E-state index in [1.807, 2.05) is 0 Å². The van der Waals surface area contributed by atoms with E-state index in [0.29, 0.717) is 5.75 Å². The lowest BCUT2D eigenvalue weighted by atomic mass is 10.1. The molecule has 13 heavy (non-hydrogen) atoms. The van der Waals surface area contributed by atoms with Gasteiger partial charge in [-0.15, -0.1) is 6.42 Å². The molecular formula is C10H10O3. The second-order valence-electron chi connectivity index (χ2n) is 2.47. The van der Waals surface area contributed by atoms with Crippen LogP contribution in [0.2, 0.25) is 0 Å². The van der Waals surface area contributed by atoms with Gasteiger partial charge in [0.15, 0.2) is 11.5 Å². The number of para-hydroxylation sites is 1. The number of phenols is 1. The van der Waals surface area contributed by atoms with Crippen molar-refractivity contribution in [2.75, 3.05) is 7.11 Å². The van der Waals surface area contributed by atoms with Gasteiger partial charge in [-0.05, 0) is 6.07 Å². The molecule has 1 unspecified atom stereocenters. The van der Waals surface area contributed by atoms with E-state index in [4.69, 9.17) is 11.2 Å². The zero-order chi connectivity index (χ0) is 9.84. The first kappa shape index (κ1) is 9.43. The molecule has 1 aromatic carbocycles. The number of aromatic hydroxyl groups is 1. The topological polar surface area (TPSA) is 49.7 Å². The molecule has 0 saturated carbocycles. The number of benzene rings is 1. The molecule has 3 heteroatoms. The van der Waals surface area contributed by atoms with Gasteiger partial charge in [0.1, 0.15) is 6.10 Å². The first-order valence-electron chi connectivity index (χ1n) is 3.70. The number of rotatable bonds is 2. The number of terminal acetylenes is 1. The van der Waals surface area contributed by atoms with Crippen molar-refractivity contribution in [2.24, 2.45) is 0 Å². The van der Waals surface area contributed by atoms with Crippen LogP contribution in [0.25, 0.3) is 0 Å². The van der Waals surface area contributed by atoms with Crippen LogP contribution in [0.5, 0.6) is 11.5 Å². The van der Waals surface area contributed by atoms with Crippen LogP contribution in [0.4, 0.5) is 0 Å². The smallest absolute Gasteiger partial charge is 0.164 e. The molecular weight excluding hydrogens is 168 g/mol. The molecule has 68 valence electrons. The van der Waals surface area contributed by atoms with Gasteiger partial charge in [0.25, 0.3) is 0 Å². The Labute approximate surface area is 76.6 Å². The minimum atomic E-state index is -1.10.